The zero-order chi connectivity index (χ0) is 13.7. The third-order valence-electron chi connectivity index (χ3n) is 3.03. The lowest BCUT2D eigenvalue weighted by atomic mass is 10.1. The lowest BCUT2D eigenvalue weighted by molar-refractivity contribution is 0.851. The van der Waals surface area contributed by atoms with E-state index in [9.17, 15) is 0 Å². The van der Waals surface area contributed by atoms with Crippen molar-refractivity contribution in [1.29, 1.82) is 5.41 Å². The Morgan fingerprint density at radius 1 is 1.21 bits per heavy atom. The summed E-state index contributed by atoms with van der Waals surface area (Å²) in [5.41, 5.74) is 8.42. The van der Waals surface area contributed by atoms with E-state index in [1.165, 1.54) is 0 Å². The van der Waals surface area contributed by atoms with E-state index >= 15 is 0 Å². The summed E-state index contributed by atoms with van der Waals surface area (Å²) in [7, 11) is 2.00. The number of para-hydroxylation sites is 1. The van der Waals surface area contributed by atoms with Crippen molar-refractivity contribution in [3.63, 3.8) is 0 Å². The van der Waals surface area contributed by atoms with E-state index in [1.807, 2.05) is 49.5 Å². The van der Waals surface area contributed by atoms with Gasteiger partial charge in [0.25, 0.3) is 0 Å². The SMILES string of the molecule is CN(CCc1ccccn1)c1ccccc1C(=N)N. The number of pyridine rings is 1. The number of amidine groups is 1. The maximum atomic E-state index is 7.60. The van der Waals surface area contributed by atoms with Gasteiger partial charge in [-0.2, -0.15) is 0 Å². The maximum Gasteiger partial charge on any atom is 0.124 e. The van der Waals surface area contributed by atoms with Crippen molar-refractivity contribution in [2.75, 3.05) is 18.5 Å². The largest absolute Gasteiger partial charge is 0.384 e. The van der Waals surface area contributed by atoms with Gasteiger partial charge in [0.15, 0.2) is 0 Å². The molecule has 0 aliphatic heterocycles. The highest BCUT2D eigenvalue weighted by Crippen LogP contribution is 2.18. The van der Waals surface area contributed by atoms with Gasteiger partial charge in [-0.3, -0.25) is 10.4 Å². The molecular formula is C15H18N4. The minimum absolute atomic E-state index is 0.0975. The molecule has 0 amide bonds. The Morgan fingerprint density at radius 3 is 2.63 bits per heavy atom. The van der Waals surface area contributed by atoms with Crippen molar-refractivity contribution < 1.29 is 0 Å². The number of anilines is 1. The number of benzene rings is 1. The molecule has 2 rings (SSSR count). The van der Waals surface area contributed by atoms with Crippen molar-refractivity contribution in [1.82, 2.24) is 4.98 Å². The van der Waals surface area contributed by atoms with E-state index in [2.05, 4.69) is 9.88 Å². The summed E-state index contributed by atoms with van der Waals surface area (Å²) < 4.78 is 0. The second-order valence-corrected chi connectivity index (χ2v) is 4.42. The number of nitrogens with two attached hydrogens (primary N) is 1. The molecule has 1 heterocycles. The third-order valence-corrected chi connectivity index (χ3v) is 3.03. The van der Waals surface area contributed by atoms with Crippen LogP contribution in [0.1, 0.15) is 11.3 Å². The second-order valence-electron chi connectivity index (χ2n) is 4.42. The van der Waals surface area contributed by atoms with Gasteiger partial charge in [0.2, 0.25) is 0 Å². The van der Waals surface area contributed by atoms with Crippen LogP contribution in [0.3, 0.4) is 0 Å². The zero-order valence-corrected chi connectivity index (χ0v) is 11.0. The molecule has 0 spiro atoms. The highest BCUT2D eigenvalue weighted by atomic mass is 15.1. The standard InChI is InChI=1S/C15H18N4/c1-19(11-9-12-6-4-5-10-18-12)14-8-3-2-7-13(14)15(16)17/h2-8,10H,9,11H2,1H3,(H3,16,17). The van der Waals surface area contributed by atoms with Crippen LogP contribution in [-0.2, 0) is 6.42 Å². The zero-order valence-electron chi connectivity index (χ0n) is 11.0. The van der Waals surface area contributed by atoms with Gasteiger partial charge in [0.1, 0.15) is 5.84 Å². The van der Waals surface area contributed by atoms with Gasteiger partial charge in [-0.25, -0.2) is 0 Å². The highest BCUT2D eigenvalue weighted by Gasteiger charge is 2.08. The lowest BCUT2D eigenvalue weighted by Crippen LogP contribution is -2.24. The Morgan fingerprint density at radius 2 is 1.95 bits per heavy atom. The van der Waals surface area contributed by atoms with Crippen LogP contribution in [-0.4, -0.2) is 24.4 Å². The Balaban J connectivity index is 2.08. The van der Waals surface area contributed by atoms with Crippen LogP contribution in [0.5, 0.6) is 0 Å². The van der Waals surface area contributed by atoms with Crippen molar-refractivity contribution in [2.24, 2.45) is 5.73 Å². The fourth-order valence-electron chi connectivity index (χ4n) is 1.98. The van der Waals surface area contributed by atoms with Crippen molar-refractivity contribution in [3.8, 4) is 0 Å². The molecule has 98 valence electrons. The molecular weight excluding hydrogens is 236 g/mol. The molecule has 4 heteroatoms. The van der Waals surface area contributed by atoms with E-state index in [-0.39, 0.29) is 5.84 Å². The summed E-state index contributed by atoms with van der Waals surface area (Å²) in [5, 5.41) is 7.60. The molecule has 0 unspecified atom stereocenters. The van der Waals surface area contributed by atoms with Crippen LogP contribution in [0.2, 0.25) is 0 Å². The molecule has 1 aromatic carbocycles. The van der Waals surface area contributed by atoms with Crippen LogP contribution in [0.25, 0.3) is 0 Å². The van der Waals surface area contributed by atoms with Gasteiger partial charge in [-0.05, 0) is 24.3 Å². The van der Waals surface area contributed by atoms with E-state index in [0.29, 0.717) is 0 Å². The summed E-state index contributed by atoms with van der Waals surface area (Å²) in [6.07, 6.45) is 2.67. The first-order valence-corrected chi connectivity index (χ1v) is 6.23. The van der Waals surface area contributed by atoms with Crippen LogP contribution in [0.4, 0.5) is 5.69 Å². The topological polar surface area (TPSA) is 66.0 Å². The van der Waals surface area contributed by atoms with Crippen LogP contribution in [0.15, 0.2) is 48.7 Å². The first-order valence-electron chi connectivity index (χ1n) is 6.23. The molecule has 0 atom stereocenters. The van der Waals surface area contributed by atoms with E-state index in [1.54, 1.807) is 6.20 Å². The Kier molecular flexibility index (Phi) is 4.13. The quantitative estimate of drug-likeness (QED) is 0.634. The Hall–Kier alpha value is -2.36. The van der Waals surface area contributed by atoms with Crippen LogP contribution < -0.4 is 10.6 Å². The molecule has 0 fully saturated rings. The summed E-state index contributed by atoms with van der Waals surface area (Å²) in [6, 6.07) is 13.6. The predicted octanol–water partition coefficient (Wildman–Crippen LogP) is 2.04. The van der Waals surface area contributed by atoms with Crippen molar-refractivity contribution >= 4 is 11.5 Å². The van der Waals surface area contributed by atoms with Gasteiger partial charge >= 0.3 is 0 Å². The number of hydrogen-bond donors (Lipinski definition) is 2. The molecule has 0 bridgehead atoms. The average molecular weight is 254 g/mol. The van der Waals surface area contributed by atoms with Crippen molar-refractivity contribution in [3.05, 3.63) is 59.9 Å². The molecule has 4 nitrogen and oxygen atoms in total. The number of hydrogen-bond acceptors (Lipinski definition) is 3. The van der Waals surface area contributed by atoms with Crippen molar-refractivity contribution in [2.45, 2.75) is 6.42 Å². The molecule has 0 saturated carbocycles. The molecule has 0 aliphatic rings. The number of rotatable bonds is 5. The third kappa shape index (κ3) is 3.31. The highest BCUT2D eigenvalue weighted by molar-refractivity contribution is 6.00. The number of aromatic nitrogens is 1. The van der Waals surface area contributed by atoms with E-state index in [4.69, 9.17) is 11.1 Å². The second kappa shape index (κ2) is 6.00. The average Bonchev–Trinajstić information content (AvgIpc) is 2.46. The Bertz CT molecular complexity index is 551. The van der Waals surface area contributed by atoms with Gasteiger partial charge in [0, 0.05) is 43.2 Å². The normalized spacial score (nSPS) is 10.2. The number of nitrogen functional groups attached to an aromatic ring is 1. The molecule has 0 aliphatic carbocycles. The van der Waals surface area contributed by atoms with Gasteiger partial charge in [-0.15, -0.1) is 0 Å². The monoisotopic (exact) mass is 254 g/mol. The summed E-state index contributed by atoms with van der Waals surface area (Å²) in [6.45, 7) is 0.835. The fourth-order valence-corrected chi connectivity index (χ4v) is 1.98. The summed E-state index contributed by atoms with van der Waals surface area (Å²) in [5.74, 6) is 0.0975. The smallest absolute Gasteiger partial charge is 0.124 e. The first kappa shape index (κ1) is 13.1. The molecule has 2 aromatic rings. The number of likely N-dealkylation sites (N-methyl/N-ethyl adjacent to an activating group) is 1. The van der Waals surface area contributed by atoms with Crippen LogP contribution >= 0.6 is 0 Å². The molecule has 1 aromatic heterocycles. The first-order chi connectivity index (χ1) is 9.18. The summed E-state index contributed by atoms with van der Waals surface area (Å²) in [4.78, 5) is 6.41. The van der Waals surface area contributed by atoms with E-state index < -0.39 is 0 Å². The molecule has 3 N–H and O–H groups in total. The maximum absolute atomic E-state index is 7.60. The van der Waals surface area contributed by atoms with Gasteiger partial charge in [-0.1, -0.05) is 18.2 Å². The molecule has 0 saturated heterocycles. The predicted molar refractivity (Wildman–Crippen MR) is 78.7 cm³/mol. The molecule has 0 radical (unpaired) electrons. The van der Waals surface area contributed by atoms with E-state index in [0.717, 1.165) is 29.9 Å². The minimum atomic E-state index is 0.0975. The van der Waals surface area contributed by atoms with Gasteiger partial charge < -0.3 is 10.6 Å². The minimum Gasteiger partial charge on any atom is -0.384 e. The lowest BCUT2D eigenvalue weighted by Gasteiger charge is -2.21. The Labute approximate surface area is 113 Å². The molecule has 19 heavy (non-hydrogen) atoms. The number of nitrogens with one attached hydrogen (secondary N) is 1. The fraction of sp³-hybridized carbons (Fsp3) is 0.200. The van der Waals surface area contributed by atoms with Crippen LogP contribution in [0, 0.1) is 5.41 Å². The summed E-state index contributed by atoms with van der Waals surface area (Å²) >= 11 is 0. The number of nitrogens with zero attached hydrogens (tertiary/aromatic N) is 2. The van der Waals surface area contributed by atoms with Gasteiger partial charge in [0.05, 0.1) is 0 Å².